The minimum Gasteiger partial charge on any atom is -0.480 e. The number of hydroxylamine groups is 2. The van der Waals surface area contributed by atoms with Gasteiger partial charge in [-0.25, -0.2) is 19.4 Å². The Labute approximate surface area is 478 Å². The maximum Gasteiger partial charge on any atom is 0.330 e. The van der Waals surface area contributed by atoms with E-state index in [1.54, 1.807) is 27.7 Å². The molecule has 15 atom stereocenters. The third kappa shape index (κ3) is 20.3. The average Bonchev–Trinajstić information content (AvgIpc) is 4.17. The van der Waals surface area contributed by atoms with E-state index in [-0.39, 0.29) is 57.9 Å². The summed E-state index contributed by atoms with van der Waals surface area (Å²) in [6.07, 6.45) is -8.52. The number of nitrogens with two attached hydrogens (primary N) is 3. The maximum absolute atomic E-state index is 14.5. The molecule has 4 amide bonds. The lowest BCUT2D eigenvalue weighted by molar-refractivity contribution is -0.231. The van der Waals surface area contributed by atoms with Crippen LogP contribution >= 0.6 is 0 Å². The van der Waals surface area contributed by atoms with Crippen molar-refractivity contribution < 1.29 is 83.2 Å². The number of carboxylic acid groups (broad SMARTS) is 2. The second-order valence-corrected chi connectivity index (χ2v) is 21.2. The molecule has 0 aliphatic carbocycles. The van der Waals surface area contributed by atoms with Crippen LogP contribution in [0.1, 0.15) is 105 Å². The van der Waals surface area contributed by atoms with Crippen molar-refractivity contribution in [2.24, 2.45) is 34.0 Å². The molecule has 470 valence electrons. The fourth-order valence-electron chi connectivity index (χ4n) is 9.70. The molecule has 3 aliphatic heterocycles. The van der Waals surface area contributed by atoms with Crippen molar-refractivity contribution in [3.05, 3.63) is 33.1 Å². The van der Waals surface area contributed by atoms with Crippen molar-refractivity contribution >= 4 is 47.7 Å². The van der Waals surface area contributed by atoms with Gasteiger partial charge in [-0.1, -0.05) is 66.2 Å². The fraction of sp³-hybridized carbons (Fsp3) is 0.760. The minimum absolute atomic E-state index is 0.0407. The second-order valence-electron chi connectivity index (χ2n) is 21.2. The summed E-state index contributed by atoms with van der Waals surface area (Å²) >= 11 is 0. The number of aliphatic imine (C=N–C) groups is 1. The summed E-state index contributed by atoms with van der Waals surface area (Å²) in [6.45, 7) is 6.10. The molecule has 0 aromatic carbocycles. The van der Waals surface area contributed by atoms with Gasteiger partial charge in [-0.3, -0.25) is 49.1 Å². The Kier molecular flexibility index (Phi) is 28.0. The number of H-pyrrole nitrogens is 1. The highest BCUT2D eigenvalue weighted by atomic mass is 16.7. The highest BCUT2D eigenvalue weighted by Crippen LogP contribution is 2.35. The summed E-state index contributed by atoms with van der Waals surface area (Å²) in [4.78, 5) is 112. The maximum atomic E-state index is 14.5. The normalized spacial score (nSPS) is 24.5. The van der Waals surface area contributed by atoms with Crippen molar-refractivity contribution in [3.63, 3.8) is 0 Å². The number of unbranched alkanes of at least 4 members (excludes halogenated alkanes) is 7. The molecular weight excluding hydrogens is 1100 g/mol. The van der Waals surface area contributed by atoms with Crippen LogP contribution < -0.4 is 60.4 Å². The number of aromatic nitrogens is 2. The first-order valence-electron chi connectivity index (χ1n) is 27.8. The highest BCUT2D eigenvalue weighted by Gasteiger charge is 2.54. The molecule has 3 aliphatic rings. The molecule has 2 unspecified atom stereocenters. The van der Waals surface area contributed by atoms with Gasteiger partial charge in [0, 0.05) is 52.0 Å². The summed E-state index contributed by atoms with van der Waals surface area (Å²) in [6, 6.07) is -7.41. The summed E-state index contributed by atoms with van der Waals surface area (Å²) in [5.74, 6) is -7.13. The van der Waals surface area contributed by atoms with Crippen LogP contribution in [0.15, 0.2) is 26.8 Å². The molecule has 20 N–H and O–H groups in total. The van der Waals surface area contributed by atoms with Gasteiger partial charge in [0.05, 0.1) is 6.04 Å². The SMILES string of the molecule is CO[C@H]1[C@H](OC(C(NCCCNC(=O)[C@@H](NC(=O)[C@@H](NC(=O)N[C@H](C(=O)O)C(C)C)[C@@H]2CCN=C(N)N2)[C@@H](OC(=O)CCCCCCCCCCN(O)C(=N)N)C(C)C)C(=O)O)[C@H]2O[C@@H](n3ccc(=O)[nH]c3=O)[C@H](O)[C@@H]2O)O[C@H](CN)[C@H]1O. The lowest BCUT2D eigenvalue weighted by Gasteiger charge is -2.34. The van der Waals surface area contributed by atoms with Gasteiger partial charge in [-0.05, 0) is 44.1 Å². The number of nitrogens with zero attached hydrogens (tertiary/aromatic N) is 3. The third-order valence-corrected chi connectivity index (χ3v) is 14.3. The summed E-state index contributed by atoms with van der Waals surface area (Å²) in [5, 5.41) is 87.1. The number of nitrogens with one attached hydrogen (secondary N) is 8. The Morgan fingerprint density at radius 2 is 1.51 bits per heavy atom. The van der Waals surface area contributed by atoms with Gasteiger partial charge in [0.25, 0.3) is 5.56 Å². The zero-order chi connectivity index (χ0) is 61.7. The molecule has 0 radical (unpaired) electrons. The number of ether oxygens (including phenoxy) is 5. The van der Waals surface area contributed by atoms with Crippen LogP contribution in [0.25, 0.3) is 0 Å². The first-order valence-corrected chi connectivity index (χ1v) is 27.8. The van der Waals surface area contributed by atoms with Crippen LogP contribution in [0.4, 0.5) is 4.79 Å². The molecule has 1 aromatic rings. The van der Waals surface area contributed by atoms with E-state index in [1.165, 1.54) is 7.11 Å². The molecule has 33 nitrogen and oxygen atoms in total. The number of guanidine groups is 2. The van der Waals surface area contributed by atoms with Crippen molar-refractivity contribution in [2.75, 3.05) is 39.8 Å². The van der Waals surface area contributed by atoms with Crippen LogP contribution in [-0.2, 0) is 47.7 Å². The number of aliphatic hydroxyl groups excluding tert-OH is 3. The summed E-state index contributed by atoms with van der Waals surface area (Å²) in [7, 11) is 1.22. The van der Waals surface area contributed by atoms with E-state index < -0.39 is 156 Å². The van der Waals surface area contributed by atoms with E-state index in [1.807, 2.05) is 4.98 Å². The van der Waals surface area contributed by atoms with Crippen molar-refractivity contribution in [2.45, 2.75) is 190 Å². The predicted molar refractivity (Wildman–Crippen MR) is 292 cm³/mol. The molecule has 4 rings (SSSR count). The zero-order valence-corrected chi connectivity index (χ0v) is 47.3. The van der Waals surface area contributed by atoms with Crippen LogP contribution in [-0.4, -0.2) is 218 Å². The molecule has 1 aromatic heterocycles. The number of rotatable bonds is 35. The molecule has 2 fully saturated rings. The number of carboxylic acids is 2. The number of carbonyl (C=O) groups is 6. The number of methoxy groups -OCH3 is 1. The number of hydrogen-bond donors (Lipinski definition) is 17. The van der Waals surface area contributed by atoms with Gasteiger partial charge in [0.15, 0.2) is 18.5 Å². The highest BCUT2D eigenvalue weighted by molar-refractivity contribution is 5.94. The van der Waals surface area contributed by atoms with Crippen molar-refractivity contribution in [3.8, 4) is 0 Å². The molecular formula is C50H86N14O19. The molecule has 0 saturated carbocycles. The van der Waals surface area contributed by atoms with E-state index in [4.69, 9.17) is 46.3 Å². The van der Waals surface area contributed by atoms with Crippen molar-refractivity contribution in [1.82, 2.24) is 46.5 Å². The first kappa shape index (κ1) is 68.9. The topological polar surface area (TPSA) is 514 Å². The molecule has 0 bridgehead atoms. The molecule has 83 heavy (non-hydrogen) atoms. The van der Waals surface area contributed by atoms with Crippen molar-refractivity contribution in [1.29, 1.82) is 5.41 Å². The van der Waals surface area contributed by atoms with Gasteiger partial charge >= 0.3 is 29.6 Å². The van der Waals surface area contributed by atoms with Crippen LogP contribution in [0, 0.1) is 17.2 Å². The molecule has 33 heteroatoms. The standard InChI is InChI=1S/C50H86N14O19/c1-24(2)30(44(72)73)61-49(76)62-31(26-16-20-57-48(54)58-26)42(71)60-32(37(25(3)4)81-29(66)15-12-10-8-6-7-9-11-13-21-64(78)47(52)53)41(70)56-19-14-18-55-33(45(74)75)38(83-46-40(79-5)34(67)27(23-51)80-46)39-35(68)36(69)43(82-39)63-22-17-28(65)59-50(63)77/h17,22,24-27,30-40,43,46,55,67-69,78H,6-16,18-21,23,51H2,1-5H3,(H3,52,53)(H,56,70)(H,60,71)(H,72,73)(H,74,75)(H3,54,57,58)(H,59,65,77)(H2,61,62,76)/t26-,27+,30-,31-,32-,33?,34+,35-,36+,37-,38?,39-,40+,43+,46-/m0/s1. The largest absolute Gasteiger partial charge is 0.480 e. The smallest absolute Gasteiger partial charge is 0.330 e. The Bertz CT molecular complexity index is 2450. The minimum atomic E-state index is -1.95. The monoisotopic (exact) mass is 1190 g/mol. The van der Waals surface area contributed by atoms with Crippen LogP contribution in [0.2, 0.25) is 0 Å². The van der Waals surface area contributed by atoms with Crippen LogP contribution in [0.3, 0.4) is 0 Å². The van der Waals surface area contributed by atoms with Crippen LogP contribution in [0.5, 0.6) is 0 Å². The number of carbonyl (C=O) groups excluding carboxylic acids is 4. The molecule has 4 heterocycles. The quantitative estimate of drug-likeness (QED) is 0.0101. The number of aliphatic carboxylic acids is 2. The summed E-state index contributed by atoms with van der Waals surface area (Å²) in [5.41, 5.74) is 15.2. The predicted octanol–water partition coefficient (Wildman–Crippen LogP) is -4.25. The lowest BCUT2D eigenvalue weighted by Crippen LogP contribution is -2.66. The Morgan fingerprint density at radius 1 is 0.855 bits per heavy atom. The Morgan fingerprint density at radius 3 is 2.08 bits per heavy atom. The number of amides is 4. The lowest BCUT2D eigenvalue weighted by atomic mass is 9.96. The second kappa shape index (κ2) is 33.7. The van der Waals surface area contributed by atoms with Gasteiger partial charge in [-0.2, -0.15) is 0 Å². The van der Waals surface area contributed by atoms with E-state index in [0.717, 1.165) is 48.9 Å². The van der Waals surface area contributed by atoms with E-state index in [9.17, 15) is 69.1 Å². The third-order valence-electron chi connectivity index (χ3n) is 14.3. The van der Waals surface area contributed by atoms with Gasteiger partial charge in [0.2, 0.25) is 17.8 Å². The number of esters is 1. The zero-order valence-electron chi connectivity index (χ0n) is 47.3. The van der Waals surface area contributed by atoms with E-state index >= 15 is 0 Å². The number of aromatic amines is 1. The molecule has 0 spiro atoms. The van der Waals surface area contributed by atoms with E-state index in [2.05, 4.69) is 36.9 Å². The molecule has 2 saturated heterocycles. The van der Waals surface area contributed by atoms with Gasteiger partial charge in [-0.15, -0.1) is 0 Å². The number of aliphatic hydroxyl groups is 3. The number of hydrogen-bond acceptors (Lipinski definition) is 23. The Hall–Kier alpha value is -6.56. The average molecular weight is 1190 g/mol. The fourth-order valence-corrected chi connectivity index (χ4v) is 9.70. The van der Waals surface area contributed by atoms with Gasteiger partial charge < -0.3 is 98.3 Å². The Balaban J connectivity index is 1.55. The number of urea groups is 1. The summed E-state index contributed by atoms with van der Waals surface area (Å²) < 4.78 is 30.0. The van der Waals surface area contributed by atoms with Gasteiger partial charge in [0.1, 0.15) is 73.0 Å². The first-order chi connectivity index (χ1) is 39.3. The van der Waals surface area contributed by atoms with E-state index in [0.29, 0.717) is 24.3 Å².